The van der Waals surface area contributed by atoms with E-state index in [4.69, 9.17) is 4.74 Å². The zero-order chi connectivity index (χ0) is 28.2. The average Bonchev–Trinajstić information content (AvgIpc) is 3.34. The maximum Gasteiger partial charge on any atom is 0.343 e. The topological polar surface area (TPSA) is 86.8 Å². The number of aromatic nitrogens is 1. The number of hydrogen-bond acceptors (Lipinski definition) is 5. The summed E-state index contributed by atoms with van der Waals surface area (Å²) in [4.78, 5) is 31.4. The number of anilines is 1. The molecular formula is C32H27BrN4O3. The van der Waals surface area contributed by atoms with Gasteiger partial charge in [-0.1, -0.05) is 64.0 Å². The molecule has 0 atom stereocenters. The molecule has 0 bridgehead atoms. The number of halogens is 1. The molecule has 200 valence electrons. The second-order valence-electron chi connectivity index (χ2n) is 9.51. The summed E-state index contributed by atoms with van der Waals surface area (Å²) in [7, 11) is 3.96. The van der Waals surface area contributed by atoms with E-state index in [0.29, 0.717) is 22.6 Å². The molecule has 0 fully saturated rings. The summed E-state index contributed by atoms with van der Waals surface area (Å²) < 4.78 is 6.43. The van der Waals surface area contributed by atoms with E-state index in [2.05, 4.69) is 37.5 Å². The van der Waals surface area contributed by atoms with Crippen molar-refractivity contribution in [3.8, 4) is 16.9 Å². The number of H-pyrrole nitrogens is 1. The molecule has 40 heavy (non-hydrogen) atoms. The number of benzene rings is 4. The van der Waals surface area contributed by atoms with Crippen LogP contribution in [0.5, 0.6) is 5.75 Å². The fourth-order valence-electron chi connectivity index (χ4n) is 4.39. The maximum absolute atomic E-state index is 13.4. The van der Waals surface area contributed by atoms with Crippen LogP contribution in [0.25, 0.3) is 22.0 Å². The second-order valence-corrected chi connectivity index (χ2v) is 10.4. The zero-order valence-corrected chi connectivity index (χ0v) is 23.8. The standard InChI is InChI=1S/C32H27BrN4O3/c1-20-8-7-11-22(16-20)32(39)40-28-15-12-24(33)17-23(28)19-34-36-31(38)30-29(21-9-5-4-6-10-21)26-18-25(37(2)3)13-14-27(26)35-30/h4-19,35H,1-3H3,(H,36,38). The Kier molecular flexibility index (Phi) is 7.79. The Morgan fingerprint density at radius 1 is 0.950 bits per heavy atom. The van der Waals surface area contributed by atoms with Crippen LogP contribution in [0.1, 0.15) is 32.0 Å². The highest BCUT2D eigenvalue weighted by atomic mass is 79.9. The first-order valence-electron chi connectivity index (χ1n) is 12.6. The monoisotopic (exact) mass is 594 g/mol. The predicted octanol–water partition coefficient (Wildman–Crippen LogP) is 6.95. The van der Waals surface area contributed by atoms with Crippen LogP contribution >= 0.6 is 15.9 Å². The minimum absolute atomic E-state index is 0.319. The minimum Gasteiger partial charge on any atom is -0.422 e. The van der Waals surface area contributed by atoms with E-state index in [0.717, 1.165) is 37.8 Å². The quantitative estimate of drug-likeness (QED) is 0.0923. The minimum atomic E-state index is -0.479. The van der Waals surface area contributed by atoms with Gasteiger partial charge in [0.05, 0.1) is 11.8 Å². The van der Waals surface area contributed by atoms with Gasteiger partial charge in [-0.15, -0.1) is 0 Å². The molecule has 0 spiro atoms. The van der Waals surface area contributed by atoms with Crippen molar-refractivity contribution in [3.63, 3.8) is 0 Å². The smallest absolute Gasteiger partial charge is 0.343 e. The molecule has 7 nitrogen and oxygen atoms in total. The van der Waals surface area contributed by atoms with Gasteiger partial charge in [0.2, 0.25) is 0 Å². The Hall–Kier alpha value is -4.69. The zero-order valence-electron chi connectivity index (χ0n) is 22.2. The summed E-state index contributed by atoms with van der Waals surface area (Å²) in [5.74, 6) is -0.558. The number of nitrogens with zero attached hydrogens (tertiary/aromatic N) is 2. The van der Waals surface area contributed by atoms with Crippen molar-refractivity contribution in [2.75, 3.05) is 19.0 Å². The van der Waals surface area contributed by atoms with Crippen molar-refractivity contribution in [3.05, 3.63) is 118 Å². The van der Waals surface area contributed by atoms with E-state index in [1.165, 1.54) is 6.21 Å². The first-order valence-corrected chi connectivity index (χ1v) is 13.4. The second kappa shape index (κ2) is 11.6. The van der Waals surface area contributed by atoms with Crippen LogP contribution in [0.4, 0.5) is 5.69 Å². The Bertz CT molecular complexity index is 1740. The number of carbonyl (C=O) groups is 2. The molecule has 1 aromatic heterocycles. The van der Waals surface area contributed by atoms with Gasteiger partial charge in [0.15, 0.2) is 0 Å². The largest absolute Gasteiger partial charge is 0.422 e. The molecule has 5 rings (SSSR count). The first-order chi connectivity index (χ1) is 19.3. The van der Waals surface area contributed by atoms with Gasteiger partial charge >= 0.3 is 5.97 Å². The molecule has 0 unspecified atom stereocenters. The molecule has 2 N–H and O–H groups in total. The molecule has 8 heteroatoms. The number of aromatic amines is 1. The summed E-state index contributed by atoms with van der Waals surface area (Å²) in [6, 6.07) is 28.2. The molecule has 0 radical (unpaired) electrons. The predicted molar refractivity (Wildman–Crippen MR) is 163 cm³/mol. The molecular weight excluding hydrogens is 568 g/mol. The number of hydrogen-bond donors (Lipinski definition) is 2. The van der Waals surface area contributed by atoms with Gasteiger partial charge in [-0.2, -0.15) is 5.10 Å². The van der Waals surface area contributed by atoms with Crippen LogP contribution in [0.2, 0.25) is 0 Å². The summed E-state index contributed by atoms with van der Waals surface area (Å²) in [6.45, 7) is 1.91. The van der Waals surface area contributed by atoms with E-state index in [9.17, 15) is 9.59 Å². The van der Waals surface area contributed by atoms with Crippen molar-refractivity contribution in [2.45, 2.75) is 6.92 Å². The van der Waals surface area contributed by atoms with Gasteiger partial charge in [-0.3, -0.25) is 4.79 Å². The fraction of sp³-hybridized carbons (Fsp3) is 0.0938. The molecule has 0 aliphatic heterocycles. The average molecular weight is 595 g/mol. The number of rotatable bonds is 7. The lowest BCUT2D eigenvalue weighted by Crippen LogP contribution is -2.19. The van der Waals surface area contributed by atoms with E-state index < -0.39 is 11.9 Å². The van der Waals surface area contributed by atoms with E-state index >= 15 is 0 Å². The number of esters is 1. The molecule has 0 saturated carbocycles. The molecule has 0 aliphatic rings. The first kappa shape index (κ1) is 26.9. The lowest BCUT2D eigenvalue weighted by Gasteiger charge is -2.12. The molecule has 1 amide bonds. The van der Waals surface area contributed by atoms with E-state index in [1.807, 2.05) is 74.4 Å². The lowest BCUT2D eigenvalue weighted by atomic mass is 10.0. The van der Waals surface area contributed by atoms with Crippen LogP contribution in [0, 0.1) is 6.92 Å². The van der Waals surface area contributed by atoms with Crippen LogP contribution < -0.4 is 15.1 Å². The molecule has 0 aliphatic carbocycles. The van der Waals surface area contributed by atoms with Gasteiger partial charge < -0.3 is 14.6 Å². The van der Waals surface area contributed by atoms with Gasteiger partial charge in [-0.05, 0) is 61.0 Å². The van der Waals surface area contributed by atoms with Gasteiger partial charge in [0.25, 0.3) is 5.91 Å². The molecule has 4 aromatic carbocycles. The van der Waals surface area contributed by atoms with E-state index in [-0.39, 0.29) is 0 Å². The number of fused-ring (bicyclic) bond motifs is 1. The number of amides is 1. The SMILES string of the molecule is Cc1cccc(C(=O)Oc2ccc(Br)cc2C=NNC(=O)c2[nH]c3ccc(N(C)C)cc3c2-c2ccccc2)c1. The van der Waals surface area contributed by atoms with Gasteiger partial charge in [-0.25, -0.2) is 10.2 Å². The molecule has 5 aromatic rings. The highest BCUT2D eigenvalue weighted by Gasteiger charge is 2.20. The number of carbonyl (C=O) groups excluding carboxylic acids is 2. The highest BCUT2D eigenvalue weighted by Crippen LogP contribution is 2.34. The highest BCUT2D eigenvalue weighted by molar-refractivity contribution is 9.10. The lowest BCUT2D eigenvalue weighted by molar-refractivity contribution is 0.0734. The van der Waals surface area contributed by atoms with Crippen LogP contribution in [-0.2, 0) is 0 Å². The summed E-state index contributed by atoms with van der Waals surface area (Å²) in [5.41, 5.74) is 8.53. The van der Waals surface area contributed by atoms with Crippen LogP contribution in [0.15, 0.2) is 101 Å². The van der Waals surface area contributed by atoms with Crippen LogP contribution in [0.3, 0.4) is 0 Å². The van der Waals surface area contributed by atoms with Crippen molar-refractivity contribution in [2.24, 2.45) is 5.10 Å². The number of hydrazone groups is 1. The van der Waals surface area contributed by atoms with Gasteiger partial charge in [0.1, 0.15) is 11.4 Å². The van der Waals surface area contributed by atoms with Crippen molar-refractivity contribution < 1.29 is 14.3 Å². The Morgan fingerprint density at radius 3 is 2.50 bits per heavy atom. The Morgan fingerprint density at radius 2 is 1.75 bits per heavy atom. The summed E-state index contributed by atoms with van der Waals surface area (Å²) in [5, 5.41) is 5.13. The Balaban J connectivity index is 1.43. The summed E-state index contributed by atoms with van der Waals surface area (Å²) in [6.07, 6.45) is 1.45. The van der Waals surface area contributed by atoms with Gasteiger partial charge in [0, 0.05) is 46.3 Å². The number of ether oxygens (including phenoxy) is 1. The van der Waals surface area contributed by atoms with Crippen molar-refractivity contribution in [1.29, 1.82) is 0 Å². The third-order valence-electron chi connectivity index (χ3n) is 6.39. The van der Waals surface area contributed by atoms with Crippen LogP contribution in [-0.4, -0.2) is 37.2 Å². The molecule has 1 heterocycles. The maximum atomic E-state index is 13.4. The number of aryl methyl sites for hydroxylation is 1. The van der Waals surface area contributed by atoms with E-state index in [1.54, 1.807) is 36.4 Å². The van der Waals surface area contributed by atoms with Crippen molar-refractivity contribution >= 4 is 50.6 Å². The van der Waals surface area contributed by atoms with Crippen molar-refractivity contribution in [1.82, 2.24) is 10.4 Å². The Labute approximate surface area is 240 Å². The normalized spacial score (nSPS) is 11.1. The third kappa shape index (κ3) is 5.82. The fourth-order valence-corrected chi connectivity index (χ4v) is 4.77. The summed E-state index contributed by atoms with van der Waals surface area (Å²) >= 11 is 3.45. The molecule has 0 saturated heterocycles. The number of nitrogens with one attached hydrogen (secondary N) is 2. The third-order valence-corrected chi connectivity index (χ3v) is 6.88.